The van der Waals surface area contributed by atoms with Crippen LogP contribution in [0.15, 0.2) is 53.3 Å². The molecule has 0 radical (unpaired) electrons. The number of hydrogen-bond donors (Lipinski definition) is 0. The highest BCUT2D eigenvalue weighted by atomic mass is 35.5. The van der Waals surface area contributed by atoms with Crippen molar-refractivity contribution in [3.8, 4) is 11.3 Å². The van der Waals surface area contributed by atoms with Gasteiger partial charge in [0, 0.05) is 52.8 Å². The molecule has 154 valence electrons. The summed E-state index contributed by atoms with van der Waals surface area (Å²) in [5, 5.41) is 12.1. The summed E-state index contributed by atoms with van der Waals surface area (Å²) >= 11 is 6.29. The molecule has 0 saturated heterocycles. The third-order valence-corrected chi connectivity index (χ3v) is 5.23. The van der Waals surface area contributed by atoms with Gasteiger partial charge in [-0.1, -0.05) is 23.7 Å². The molecular weight excluding hydrogens is 423 g/mol. The van der Waals surface area contributed by atoms with E-state index in [9.17, 15) is 28.1 Å². The fourth-order valence-electron chi connectivity index (χ4n) is 3.62. The molecule has 0 fully saturated rings. The third-order valence-electron chi connectivity index (χ3n) is 4.93. The second kappa shape index (κ2) is 6.88. The molecule has 6 nitrogen and oxygen atoms in total. The number of halogens is 4. The Kier molecular flexibility index (Phi) is 4.58. The molecule has 0 aliphatic carbocycles. The Morgan fingerprint density at radius 1 is 1.10 bits per heavy atom. The van der Waals surface area contributed by atoms with E-state index in [1.54, 1.807) is 7.05 Å². The zero-order valence-corrected chi connectivity index (χ0v) is 16.2. The number of benzene rings is 2. The van der Waals surface area contributed by atoms with Gasteiger partial charge >= 0.3 is 6.18 Å². The lowest BCUT2D eigenvalue weighted by atomic mass is 10.1. The zero-order chi connectivity index (χ0) is 21.8. The van der Waals surface area contributed by atoms with Crippen LogP contribution in [0, 0.1) is 10.1 Å². The van der Waals surface area contributed by atoms with Gasteiger partial charge in [0.2, 0.25) is 0 Å². The number of pyridine rings is 1. The molecule has 0 unspecified atom stereocenters. The van der Waals surface area contributed by atoms with E-state index >= 15 is 0 Å². The number of nitrogens with zero attached hydrogens (tertiary/aromatic N) is 3. The Morgan fingerprint density at radius 3 is 2.47 bits per heavy atom. The van der Waals surface area contributed by atoms with Crippen LogP contribution in [0.4, 0.5) is 18.9 Å². The van der Waals surface area contributed by atoms with Gasteiger partial charge in [0.1, 0.15) is 6.54 Å². The van der Waals surface area contributed by atoms with Gasteiger partial charge in [-0.2, -0.15) is 13.2 Å². The van der Waals surface area contributed by atoms with E-state index in [1.165, 1.54) is 53.1 Å². The zero-order valence-electron chi connectivity index (χ0n) is 15.4. The van der Waals surface area contributed by atoms with Gasteiger partial charge in [-0.25, -0.2) is 0 Å². The summed E-state index contributed by atoms with van der Waals surface area (Å²) in [6, 6.07) is 11.2. The van der Waals surface area contributed by atoms with Crippen LogP contribution >= 0.6 is 11.6 Å². The second-order valence-corrected chi connectivity index (χ2v) is 7.23. The molecule has 4 aromatic rings. The predicted octanol–water partition coefficient (Wildman–Crippen LogP) is 5.28. The number of fused-ring (bicyclic) bond motifs is 3. The molecular formula is C20H13ClF3N3O3. The Morgan fingerprint density at radius 2 is 1.80 bits per heavy atom. The number of alkyl halides is 3. The van der Waals surface area contributed by atoms with Crippen LogP contribution in [-0.2, 0) is 13.6 Å². The number of nitro benzene ring substituents is 1. The molecule has 2 heterocycles. The Bertz CT molecular complexity index is 1390. The molecule has 0 bridgehead atoms. The molecule has 0 spiro atoms. The van der Waals surface area contributed by atoms with E-state index in [0.29, 0.717) is 16.3 Å². The minimum Gasteiger partial charge on any atom is -0.331 e. The monoisotopic (exact) mass is 435 g/mol. The highest BCUT2D eigenvalue weighted by Gasteiger charge is 2.30. The van der Waals surface area contributed by atoms with Gasteiger partial charge in [0.15, 0.2) is 0 Å². The summed E-state index contributed by atoms with van der Waals surface area (Å²) in [6.45, 7) is -1.29. The normalized spacial score (nSPS) is 12.0. The fraction of sp³-hybridized carbons (Fsp3) is 0.150. The van der Waals surface area contributed by atoms with E-state index in [4.69, 9.17) is 11.6 Å². The van der Waals surface area contributed by atoms with Crippen LogP contribution in [0.5, 0.6) is 0 Å². The van der Waals surface area contributed by atoms with E-state index < -0.39 is 17.6 Å². The molecule has 0 aliphatic heterocycles. The first kappa shape index (κ1) is 20.0. The summed E-state index contributed by atoms with van der Waals surface area (Å²) in [4.78, 5) is 22.6. The maximum atomic E-state index is 13.4. The summed E-state index contributed by atoms with van der Waals surface area (Å²) in [6.07, 6.45) is -4.52. The van der Waals surface area contributed by atoms with E-state index in [2.05, 4.69) is 0 Å². The van der Waals surface area contributed by atoms with Crippen molar-refractivity contribution in [3.05, 3.63) is 74.0 Å². The van der Waals surface area contributed by atoms with Crippen molar-refractivity contribution in [2.24, 2.45) is 7.05 Å². The molecule has 0 amide bonds. The largest absolute Gasteiger partial charge is 0.406 e. The topological polar surface area (TPSA) is 70.1 Å². The maximum absolute atomic E-state index is 13.4. The Balaban J connectivity index is 2.11. The number of nitro groups is 1. The SMILES string of the molecule is Cn1c(=O)cc(Cl)c2c3cc(-c4cccc([N+](=O)[O-])c4)n(CC(F)(F)F)c3ccc21. The number of rotatable bonds is 3. The highest BCUT2D eigenvalue weighted by molar-refractivity contribution is 6.37. The van der Waals surface area contributed by atoms with Gasteiger partial charge in [-0.3, -0.25) is 14.9 Å². The molecule has 0 saturated carbocycles. The van der Waals surface area contributed by atoms with Crippen LogP contribution < -0.4 is 5.56 Å². The van der Waals surface area contributed by atoms with E-state index in [1.807, 2.05) is 0 Å². The lowest BCUT2D eigenvalue weighted by molar-refractivity contribution is -0.384. The number of hydrogen-bond acceptors (Lipinski definition) is 3. The smallest absolute Gasteiger partial charge is 0.331 e. The molecule has 0 N–H and O–H groups in total. The average molecular weight is 436 g/mol. The van der Waals surface area contributed by atoms with Crippen LogP contribution in [0.25, 0.3) is 33.1 Å². The van der Waals surface area contributed by atoms with E-state index in [0.717, 1.165) is 4.57 Å². The summed E-state index contributed by atoms with van der Waals surface area (Å²) < 4.78 is 42.5. The number of aryl methyl sites for hydroxylation is 1. The van der Waals surface area contributed by atoms with Crippen molar-refractivity contribution in [2.45, 2.75) is 12.7 Å². The van der Waals surface area contributed by atoms with Crippen LogP contribution in [0.2, 0.25) is 5.02 Å². The summed E-state index contributed by atoms with van der Waals surface area (Å²) in [5.74, 6) is 0. The lowest BCUT2D eigenvalue weighted by Crippen LogP contribution is -2.18. The molecule has 4 rings (SSSR count). The summed E-state index contributed by atoms with van der Waals surface area (Å²) in [7, 11) is 1.54. The first-order chi connectivity index (χ1) is 14.1. The fourth-order valence-corrected chi connectivity index (χ4v) is 3.91. The van der Waals surface area contributed by atoms with Crippen molar-refractivity contribution in [2.75, 3.05) is 0 Å². The molecule has 10 heteroatoms. The van der Waals surface area contributed by atoms with Crippen molar-refractivity contribution < 1.29 is 18.1 Å². The standard InChI is InChI=1S/C20H13ClF3N3O3/c1-25-16-6-5-15-13(19(16)14(21)9-18(25)28)8-17(26(15)10-20(22,23)24)11-3-2-4-12(7-11)27(29)30/h2-9H,10H2,1H3. The predicted molar refractivity (Wildman–Crippen MR) is 108 cm³/mol. The molecule has 0 aliphatic rings. The number of aromatic nitrogens is 2. The van der Waals surface area contributed by atoms with Crippen molar-refractivity contribution in [1.29, 1.82) is 0 Å². The van der Waals surface area contributed by atoms with Crippen molar-refractivity contribution in [1.82, 2.24) is 9.13 Å². The molecule has 2 aromatic heterocycles. The Labute approximate surface area is 171 Å². The van der Waals surface area contributed by atoms with Gasteiger partial charge in [0.25, 0.3) is 11.2 Å². The minimum atomic E-state index is -4.52. The second-order valence-electron chi connectivity index (χ2n) is 6.82. The quantitative estimate of drug-likeness (QED) is 0.324. The lowest BCUT2D eigenvalue weighted by Gasteiger charge is -2.14. The first-order valence-corrected chi connectivity index (χ1v) is 9.07. The van der Waals surface area contributed by atoms with Crippen LogP contribution in [0.1, 0.15) is 0 Å². The van der Waals surface area contributed by atoms with Gasteiger partial charge in [0.05, 0.1) is 15.5 Å². The number of non-ortho nitro benzene ring substituents is 1. The average Bonchev–Trinajstić information content (AvgIpc) is 3.02. The molecule has 2 aromatic carbocycles. The van der Waals surface area contributed by atoms with Gasteiger partial charge < -0.3 is 9.13 Å². The van der Waals surface area contributed by atoms with Crippen LogP contribution in [-0.4, -0.2) is 20.2 Å². The molecule has 0 atom stereocenters. The third kappa shape index (κ3) is 3.30. The van der Waals surface area contributed by atoms with Crippen molar-refractivity contribution >= 4 is 39.1 Å². The maximum Gasteiger partial charge on any atom is 0.406 e. The molecule has 30 heavy (non-hydrogen) atoms. The van der Waals surface area contributed by atoms with Gasteiger partial charge in [-0.15, -0.1) is 0 Å². The van der Waals surface area contributed by atoms with Crippen molar-refractivity contribution in [3.63, 3.8) is 0 Å². The van der Waals surface area contributed by atoms with E-state index in [-0.39, 0.29) is 33.0 Å². The van der Waals surface area contributed by atoms with Crippen LogP contribution in [0.3, 0.4) is 0 Å². The summed E-state index contributed by atoms with van der Waals surface area (Å²) in [5.41, 5.74) is 0.556. The van der Waals surface area contributed by atoms with Gasteiger partial charge in [-0.05, 0) is 18.2 Å². The Hall–Kier alpha value is -3.33. The first-order valence-electron chi connectivity index (χ1n) is 8.70. The minimum absolute atomic E-state index is 0.119. The highest BCUT2D eigenvalue weighted by Crippen LogP contribution is 2.37.